The van der Waals surface area contributed by atoms with Crippen LogP contribution in [0.4, 0.5) is 5.69 Å². The number of para-hydroxylation sites is 2. The molecule has 1 amide bonds. The van der Waals surface area contributed by atoms with Crippen LogP contribution in [0.3, 0.4) is 0 Å². The number of anilines is 1. The number of piperidine rings is 1. The Labute approximate surface area is 204 Å². The minimum absolute atomic E-state index is 0.143. The molecule has 9 heteroatoms. The SMILES string of the molecule is CCOc1ccccc1NC(=O)C(c1ccccc1)N1CCC(NS(=O)(=O)c2cccs2)CC1. The third-order valence-corrected chi connectivity index (χ3v) is 8.70. The molecule has 0 aliphatic carbocycles. The molecule has 1 atom stereocenters. The van der Waals surface area contributed by atoms with E-state index in [1.54, 1.807) is 17.5 Å². The van der Waals surface area contributed by atoms with E-state index in [0.29, 0.717) is 48.2 Å². The van der Waals surface area contributed by atoms with Crippen molar-refractivity contribution >= 4 is 33.0 Å². The van der Waals surface area contributed by atoms with Gasteiger partial charge in [0, 0.05) is 19.1 Å². The summed E-state index contributed by atoms with van der Waals surface area (Å²) in [7, 11) is -3.52. The average Bonchev–Trinajstić information content (AvgIpc) is 3.39. The van der Waals surface area contributed by atoms with E-state index < -0.39 is 16.1 Å². The Morgan fingerprint density at radius 3 is 2.44 bits per heavy atom. The first-order valence-electron chi connectivity index (χ1n) is 11.4. The van der Waals surface area contributed by atoms with Crippen LogP contribution in [0.15, 0.2) is 76.3 Å². The summed E-state index contributed by atoms with van der Waals surface area (Å²) >= 11 is 1.21. The summed E-state index contributed by atoms with van der Waals surface area (Å²) in [6.07, 6.45) is 1.24. The number of carbonyl (C=O) groups is 1. The van der Waals surface area contributed by atoms with Gasteiger partial charge in [0.2, 0.25) is 15.9 Å². The highest BCUT2D eigenvalue weighted by atomic mass is 32.2. The van der Waals surface area contributed by atoms with Crippen molar-refractivity contribution < 1.29 is 17.9 Å². The molecule has 0 spiro atoms. The number of rotatable bonds is 9. The Hall–Kier alpha value is -2.72. The maximum atomic E-state index is 13.5. The monoisotopic (exact) mass is 499 g/mol. The highest BCUT2D eigenvalue weighted by molar-refractivity contribution is 7.91. The van der Waals surface area contributed by atoms with E-state index in [2.05, 4.69) is 14.9 Å². The summed E-state index contributed by atoms with van der Waals surface area (Å²) in [6, 6.07) is 19.7. The fourth-order valence-corrected chi connectivity index (χ4v) is 6.50. The number of amides is 1. The number of likely N-dealkylation sites (tertiary alicyclic amines) is 1. The molecule has 4 rings (SSSR count). The molecular formula is C25H29N3O4S2. The highest BCUT2D eigenvalue weighted by Gasteiger charge is 2.33. The molecule has 0 bridgehead atoms. The number of nitrogens with zero attached hydrogens (tertiary/aromatic N) is 1. The van der Waals surface area contributed by atoms with Crippen LogP contribution in [-0.2, 0) is 14.8 Å². The van der Waals surface area contributed by atoms with Crippen LogP contribution in [0, 0.1) is 0 Å². The molecule has 0 radical (unpaired) electrons. The molecule has 34 heavy (non-hydrogen) atoms. The van der Waals surface area contributed by atoms with Crippen LogP contribution >= 0.6 is 11.3 Å². The van der Waals surface area contributed by atoms with E-state index >= 15 is 0 Å². The quantitative estimate of drug-likeness (QED) is 0.459. The van der Waals surface area contributed by atoms with Gasteiger partial charge in [0.25, 0.3) is 0 Å². The fourth-order valence-electron chi connectivity index (χ4n) is 4.19. The number of hydrogen-bond donors (Lipinski definition) is 2. The van der Waals surface area contributed by atoms with Crippen LogP contribution in [0.25, 0.3) is 0 Å². The molecule has 1 aromatic heterocycles. The molecule has 1 aliphatic rings. The average molecular weight is 500 g/mol. The van der Waals surface area contributed by atoms with E-state index in [0.717, 1.165) is 5.56 Å². The number of benzene rings is 2. The van der Waals surface area contributed by atoms with Crippen molar-refractivity contribution in [3.8, 4) is 5.75 Å². The Balaban J connectivity index is 1.48. The van der Waals surface area contributed by atoms with Gasteiger partial charge in [0.05, 0.1) is 12.3 Å². The smallest absolute Gasteiger partial charge is 0.250 e. The van der Waals surface area contributed by atoms with Crippen molar-refractivity contribution in [1.29, 1.82) is 0 Å². The largest absolute Gasteiger partial charge is 0.492 e. The van der Waals surface area contributed by atoms with E-state index in [1.165, 1.54) is 11.3 Å². The van der Waals surface area contributed by atoms with E-state index in [-0.39, 0.29) is 11.9 Å². The number of carbonyl (C=O) groups excluding carboxylic acids is 1. The predicted molar refractivity (Wildman–Crippen MR) is 135 cm³/mol. The number of thiophene rings is 1. The molecule has 1 unspecified atom stereocenters. The van der Waals surface area contributed by atoms with Crippen molar-refractivity contribution in [1.82, 2.24) is 9.62 Å². The zero-order valence-corrected chi connectivity index (χ0v) is 20.6. The number of sulfonamides is 1. The van der Waals surface area contributed by atoms with Gasteiger partial charge in [-0.3, -0.25) is 9.69 Å². The molecule has 2 heterocycles. The molecule has 180 valence electrons. The van der Waals surface area contributed by atoms with Crippen LogP contribution in [-0.4, -0.2) is 45.0 Å². The minimum Gasteiger partial charge on any atom is -0.492 e. The molecule has 3 aromatic rings. The van der Waals surface area contributed by atoms with Gasteiger partial charge in [0.15, 0.2) is 0 Å². The van der Waals surface area contributed by atoms with Gasteiger partial charge in [-0.05, 0) is 48.9 Å². The maximum Gasteiger partial charge on any atom is 0.250 e. The predicted octanol–water partition coefficient (Wildman–Crippen LogP) is 4.27. The minimum atomic E-state index is -3.52. The fraction of sp³-hybridized carbons (Fsp3) is 0.320. The third-order valence-electron chi connectivity index (χ3n) is 5.78. The van der Waals surface area contributed by atoms with E-state index in [9.17, 15) is 13.2 Å². The molecule has 2 N–H and O–H groups in total. The van der Waals surface area contributed by atoms with Gasteiger partial charge in [-0.25, -0.2) is 13.1 Å². The van der Waals surface area contributed by atoms with Gasteiger partial charge in [-0.15, -0.1) is 11.3 Å². The zero-order valence-electron chi connectivity index (χ0n) is 19.0. The second-order valence-electron chi connectivity index (χ2n) is 8.10. The highest BCUT2D eigenvalue weighted by Crippen LogP contribution is 2.30. The molecule has 2 aromatic carbocycles. The Kier molecular flexibility index (Phi) is 7.99. The normalized spacial score (nSPS) is 16.1. The Bertz CT molecular complexity index is 1180. The van der Waals surface area contributed by atoms with Gasteiger partial charge in [0.1, 0.15) is 16.0 Å². The third kappa shape index (κ3) is 5.85. The Morgan fingerprint density at radius 1 is 1.06 bits per heavy atom. The lowest BCUT2D eigenvalue weighted by Crippen LogP contribution is -2.47. The lowest BCUT2D eigenvalue weighted by molar-refractivity contribution is -0.122. The number of hydrogen-bond acceptors (Lipinski definition) is 6. The van der Waals surface area contributed by atoms with Crippen LogP contribution in [0.2, 0.25) is 0 Å². The van der Waals surface area contributed by atoms with Gasteiger partial charge < -0.3 is 10.1 Å². The molecule has 1 saturated heterocycles. The van der Waals surface area contributed by atoms with Crippen LogP contribution < -0.4 is 14.8 Å². The summed E-state index contributed by atoms with van der Waals surface area (Å²) in [6.45, 7) is 3.60. The summed E-state index contributed by atoms with van der Waals surface area (Å²) in [5.74, 6) is 0.489. The summed E-state index contributed by atoms with van der Waals surface area (Å²) < 4.78 is 34.0. The van der Waals surface area contributed by atoms with Crippen molar-refractivity contribution in [2.45, 2.75) is 36.1 Å². The second-order valence-corrected chi connectivity index (χ2v) is 11.0. The first-order chi connectivity index (χ1) is 16.5. The molecule has 1 fully saturated rings. The van der Waals surface area contributed by atoms with Gasteiger partial charge in [-0.1, -0.05) is 48.5 Å². The summed E-state index contributed by atoms with van der Waals surface area (Å²) in [4.78, 5) is 15.6. The number of ether oxygens (including phenoxy) is 1. The molecule has 1 aliphatic heterocycles. The second kappa shape index (κ2) is 11.1. The van der Waals surface area contributed by atoms with Gasteiger partial charge >= 0.3 is 0 Å². The lowest BCUT2D eigenvalue weighted by atomic mass is 9.99. The Morgan fingerprint density at radius 2 is 1.76 bits per heavy atom. The zero-order chi connectivity index (χ0) is 24.0. The van der Waals surface area contributed by atoms with Crippen LogP contribution in [0.5, 0.6) is 5.75 Å². The summed E-state index contributed by atoms with van der Waals surface area (Å²) in [5, 5.41) is 4.80. The van der Waals surface area contributed by atoms with E-state index in [1.807, 2.05) is 61.5 Å². The van der Waals surface area contributed by atoms with E-state index in [4.69, 9.17) is 4.74 Å². The van der Waals surface area contributed by atoms with Crippen molar-refractivity contribution in [2.75, 3.05) is 25.0 Å². The standard InChI is InChI=1S/C25H29N3O4S2/c1-2-32-22-12-7-6-11-21(22)26-25(29)24(19-9-4-3-5-10-19)28-16-14-20(15-17-28)27-34(30,31)23-13-8-18-33-23/h3-13,18,20,24,27H,2,14-17H2,1H3,(H,26,29). The van der Waals surface area contributed by atoms with Crippen molar-refractivity contribution in [3.63, 3.8) is 0 Å². The molecule has 7 nitrogen and oxygen atoms in total. The lowest BCUT2D eigenvalue weighted by Gasteiger charge is -2.37. The maximum absolute atomic E-state index is 13.5. The number of nitrogens with one attached hydrogen (secondary N) is 2. The van der Waals surface area contributed by atoms with Crippen molar-refractivity contribution in [3.05, 3.63) is 77.7 Å². The van der Waals surface area contributed by atoms with Crippen LogP contribution in [0.1, 0.15) is 31.4 Å². The summed E-state index contributed by atoms with van der Waals surface area (Å²) in [5.41, 5.74) is 1.53. The topological polar surface area (TPSA) is 87.7 Å². The molecule has 0 saturated carbocycles. The van der Waals surface area contributed by atoms with Gasteiger partial charge in [-0.2, -0.15) is 0 Å². The first kappa shape index (κ1) is 24.4. The van der Waals surface area contributed by atoms with Crippen molar-refractivity contribution in [2.24, 2.45) is 0 Å². The molecular weight excluding hydrogens is 470 g/mol. The first-order valence-corrected chi connectivity index (χ1v) is 13.7.